The number of amides is 1. The maximum atomic E-state index is 12.3. The molecule has 0 fully saturated rings. The molecular formula is C17H17N3O2. The van der Waals surface area contributed by atoms with E-state index in [4.69, 9.17) is 4.74 Å². The van der Waals surface area contributed by atoms with E-state index < -0.39 is 0 Å². The van der Waals surface area contributed by atoms with E-state index in [1.54, 1.807) is 0 Å². The molecule has 0 saturated carbocycles. The van der Waals surface area contributed by atoms with Crippen molar-refractivity contribution in [1.29, 1.82) is 0 Å². The lowest BCUT2D eigenvalue weighted by Crippen LogP contribution is -2.13. The first-order valence-electron chi connectivity index (χ1n) is 7.14. The minimum Gasteiger partial charge on any atom is -0.491 e. The van der Waals surface area contributed by atoms with Crippen molar-refractivity contribution in [3.63, 3.8) is 0 Å². The zero-order valence-electron chi connectivity index (χ0n) is 12.5. The summed E-state index contributed by atoms with van der Waals surface area (Å²) in [5, 5.41) is 10.6. The fraction of sp³-hybridized carbons (Fsp3) is 0.176. The van der Waals surface area contributed by atoms with Gasteiger partial charge in [-0.05, 0) is 44.2 Å². The van der Waals surface area contributed by atoms with E-state index >= 15 is 0 Å². The number of nitrogens with one attached hydrogen (secondary N) is 2. The van der Waals surface area contributed by atoms with E-state index in [1.165, 1.54) is 0 Å². The third kappa shape index (κ3) is 2.93. The lowest BCUT2D eigenvalue weighted by molar-refractivity contribution is 0.102. The molecule has 0 atom stereocenters. The normalized spacial score (nSPS) is 10.9. The average Bonchev–Trinajstić information content (AvgIpc) is 2.93. The van der Waals surface area contributed by atoms with E-state index in [1.807, 2.05) is 62.4 Å². The SMILES string of the molecule is CC(C)Oc1ccc(NC(=O)c2n[nH]c3ccccc23)cc1. The van der Waals surface area contributed by atoms with Crippen molar-refractivity contribution < 1.29 is 9.53 Å². The number of aromatic amines is 1. The number of ether oxygens (including phenoxy) is 1. The highest BCUT2D eigenvalue weighted by Crippen LogP contribution is 2.19. The molecule has 0 aliphatic rings. The van der Waals surface area contributed by atoms with E-state index in [-0.39, 0.29) is 12.0 Å². The van der Waals surface area contributed by atoms with Crippen molar-refractivity contribution in [1.82, 2.24) is 10.2 Å². The first kappa shape index (κ1) is 14.1. The number of fused-ring (bicyclic) bond motifs is 1. The van der Waals surface area contributed by atoms with Crippen molar-refractivity contribution in [2.45, 2.75) is 20.0 Å². The van der Waals surface area contributed by atoms with Gasteiger partial charge in [0.15, 0.2) is 5.69 Å². The van der Waals surface area contributed by atoms with Gasteiger partial charge in [0.1, 0.15) is 5.75 Å². The predicted octanol–water partition coefficient (Wildman–Crippen LogP) is 3.60. The number of hydrogen-bond acceptors (Lipinski definition) is 3. The molecule has 5 nitrogen and oxygen atoms in total. The molecule has 0 unspecified atom stereocenters. The number of carbonyl (C=O) groups excluding carboxylic acids is 1. The summed E-state index contributed by atoms with van der Waals surface area (Å²) >= 11 is 0. The molecule has 112 valence electrons. The van der Waals surface area contributed by atoms with Gasteiger partial charge in [-0.3, -0.25) is 9.89 Å². The van der Waals surface area contributed by atoms with Gasteiger partial charge in [-0.25, -0.2) is 0 Å². The summed E-state index contributed by atoms with van der Waals surface area (Å²) in [6, 6.07) is 14.8. The molecule has 1 aromatic heterocycles. The second-order valence-corrected chi connectivity index (χ2v) is 5.26. The first-order valence-corrected chi connectivity index (χ1v) is 7.14. The van der Waals surface area contributed by atoms with Crippen LogP contribution in [0.5, 0.6) is 5.75 Å². The number of rotatable bonds is 4. The van der Waals surface area contributed by atoms with E-state index in [9.17, 15) is 4.79 Å². The smallest absolute Gasteiger partial charge is 0.276 e. The molecule has 5 heteroatoms. The quantitative estimate of drug-likeness (QED) is 0.772. The Hall–Kier alpha value is -2.82. The second-order valence-electron chi connectivity index (χ2n) is 5.26. The van der Waals surface area contributed by atoms with Crippen LogP contribution in [0.1, 0.15) is 24.3 Å². The number of H-pyrrole nitrogens is 1. The highest BCUT2D eigenvalue weighted by Gasteiger charge is 2.13. The van der Waals surface area contributed by atoms with E-state index in [0.717, 1.165) is 16.7 Å². The summed E-state index contributed by atoms with van der Waals surface area (Å²) in [4.78, 5) is 12.3. The Morgan fingerprint density at radius 2 is 1.86 bits per heavy atom. The Kier molecular flexibility index (Phi) is 3.78. The van der Waals surface area contributed by atoms with Crippen LogP contribution < -0.4 is 10.1 Å². The maximum absolute atomic E-state index is 12.3. The molecule has 3 rings (SSSR count). The second kappa shape index (κ2) is 5.89. The Balaban J connectivity index is 1.76. The van der Waals surface area contributed by atoms with Gasteiger partial charge in [0.25, 0.3) is 5.91 Å². The van der Waals surface area contributed by atoms with E-state index in [2.05, 4.69) is 15.5 Å². The van der Waals surface area contributed by atoms with Gasteiger partial charge in [-0.2, -0.15) is 5.10 Å². The Labute approximate surface area is 128 Å². The van der Waals surface area contributed by atoms with Gasteiger partial charge in [0.2, 0.25) is 0 Å². The third-order valence-electron chi connectivity index (χ3n) is 3.17. The fourth-order valence-corrected chi connectivity index (χ4v) is 2.22. The zero-order chi connectivity index (χ0) is 15.5. The van der Waals surface area contributed by atoms with Crippen LogP contribution in [0.15, 0.2) is 48.5 Å². The number of carbonyl (C=O) groups is 1. The lowest BCUT2D eigenvalue weighted by Gasteiger charge is -2.10. The van der Waals surface area contributed by atoms with Gasteiger partial charge in [-0.1, -0.05) is 18.2 Å². The first-order chi connectivity index (χ1) is 10.6. The maximum Gasteiger partial charge on any atom is 0.276 e. The largest absolute Gasteiger partial charge is 0.491 e. The van der Waals surface area contributed by atoms with Crippen LogP contribution in [0.3, 0.4) is 0 Å². The van der Waals surface area contributed by atoms with Gasteiger partial charge >= 0.3 is 0 Å². The third-order valence-corrected chi connectivity index (χ3v) is 3.17. The molecule has 0 aliphatic heterocycles. The number of nitrogens with zero attached hydrogens (tertiary/aromatic N) is 1. The van der Waals surface area contributed by atoms with Crippen LogP contribution in [0.2, 0.25) is 0 Å². The molecule has 2 aromatic carbocycles. The number of aromatic nitrogens is 2. The highest BCUT2D eigenvalue weighted by atomic mass is 16.5. The number of benzene rings is 2. The van der Waals surface area contributed by atoms with Gasteiger partial charge < -0.3 is 10.1 Å². The molecule has 0 saturated heterocycles. The zero-order valence-corrected chi connectivity index (χ0v) is 12.5. The topological polar surface area (TPSA) is 67.0 Å². The van der Waals surface area contributed by atoms with Crippen LogP contribution in [0.25, 0.3) is 10.9 Å². The summed E-state index contributed by atoms with van der Waals surface area (Å²) in [7, 11) is 0. The molecule has 2 N–H and O–H groups in total. The molecule has 0 radical (unpaired) electrons. The van der Waals surface area contributed by atoms with Crippen LogP contribution in [0, 0.1) is 0 Å². The summed E-state index contributed by atoms with van der Waals surface area (Å²) in [6.07, 6.45) is 0.121. The minimum atomic E-state index is -0.241. The molecule has 22 heavy (non-hydrogen) atoms. The van der Waals surface area contributed by atoms with Crippen molar-refractivity contribution >= 4 is 22.5 Å². The molecular weight excluding hydrogens is 278 g/mol. The van der Waals surface area contributed by atoms with Crippen molar-refractivity contribution in [3.8, 4) is 5.75 Å². The molecule has 1 amide bonds. The van der Waals surface area contributed by atoms with Gasteiger partial charge in [0.05, 0.1) is 11.6 Å². The number of para-hydroxylation sites is 1. The van der Waals surface area contributed by atoms with Crippen LogP contribution in [0.4, 0.5) is 5.69 Å². The molecule has 0 aliphatic carbocycles. The Bertz CT molecular complexity index is 791. The van der Waals surface area contributed by atoms with Crippen molar-refractivity contribution in [3.05, 3.63) is 54.2 Å². The molecule has 0 bridgehead atoms. The predicted molar refractivity (Wildman–Crippen MR) is 86.3 cm³/mol. The van der Waals surface area contributed by atoms with Crippen LogP contribution >= 0.6 is 0 Å². The van der Waals surface area contributed by atoms with Crippen LogP contribution in [-0.2, 0) is 0 Å². The molecule has 1 heterocycles. The summed E-state index contributed by atoms with van der Waals surface area (Å²) in [6.45, 7) is 3.94. The van der Waals surface area contributed by atoms with Crippen molar-refractivity contribution in [2.75, 3.05) is 5.32 Å². The van der Waals surface area contributed by atoms with Crippen molar-refractivity contribution in [2.24, 2.45) is 0 Å². The number of anilines is 1. The average molecular weight is 295 g/mol. The monoisotopic (exact) mass is 295 g/mol. The summed E-state index contributed by atoms with van der Waals surface area (Å²) in [5.41, 5.74) is 1.93. The summed E-state index contributed by atoms with van der Waals surface area (Å²) in [5.74, 6) is 0.535. The molecule has 3 aromatic rings. The standard InChI is InChI=1S/C17H17N3O2/c1-11(2)22-13-9-7-12(8-10-13)18-17(21)16-14-5-3-4-6-15(14)19-20-16/h3-11H,1-2H3,(H,18,21)(H,19,20). The summed E-state index contributed by atoms with van der Waals surface area (Å²) < 4.78 is 5.57. The van der Waals surface area contributed by atoms with Gasteiger partial charge in [-0.15, -0.1) is 0 Å². The van der Waals surface area contributed by atoms with E-state index in [0.29, 0.717) is 11.4 Å². The Morgan fingerprint density at radius 1 is 1.14 bits per heavy atom. The molecule has 0 spiro atoms. The Morgan fingerprint density at radius 3 is 2.59 bits per heavy atom. The highest BCUT2D eigenvalue weighted by molar-refractivity contribution is 6.11. The van der Waals surface area contributed by atoms with Crippen LogP contribution in [-0.4, -0.2) is 22.2 Å². The van der Waals surface area contributed by atoms with Gasteiger partial charge in [0, 0.05) is 11.1 Å². The lowest BCUT2D eigenvalue weighted by atomic mass is 10.2. The fourth-order valence-electron chi connectivity index (χ4n) is 2.22. The number of hydrogen-bond donors (Lipinski definition) is 2. The minimum absolute atomic E-state index is 0.121.